The highest BCUT2D eigenvalue weighted by Crippen LogP contribution is 2.68. The minimum Gasteiger partial charge on any atom is -0.331 e. The lowest BCUT2D eigenvalue weighted by molar-refractivity contribution is 0.457. The average molecular weight is 278 g/mol. The standard InChI is InChI=1S/C15H19FN2S/c1-14(2)12(15(14,3)4)8-18-11-7-9(16)5-6-10(11)17-13(18)19/h5-7,12H,8H2,1-4H3,(H,17,19). The van der Waals surface area contributed by atoms with Crippen LogP contribution in [0.2, 0.25) is 0 Å². The van der Waals surface area contributed by atoms with Gasteiger partial charge in [-0.25, -0.2) is 4.39 Å². The molecule has 1 aliphatic rings. The van der Waals surface area contributed by atoms with Gasteiger partial charge >= 0.3 is 0 Å². The molecule has 3 rings (SSSR count). The summed E-state index contributed by atoms with van der Waals surface area (Å²) in [5, 5.41) is 0. The summed E-state index contributed by atoms with van der Waals surface area (Å²) >= 11 is 5.38. The number of H-pyrrole nitrogens is 1. The molecule has 4 heteroatoms. The number of hydrogen-bond acceptors (Lipinski definition) is 1. The minimum absolute atomic E-state index is 0.218. The number of halogens is 1. The fraction of sp³-hybridized carbons (Fsp3) is 0.533. The van der Waals surface area contributed by atoms with Gasteiger partial charge in [0.05, 0.1) is 11.0 Å². The van der Waals surface area contributed by atoms with Gasteiger partial charge < -0.3 is 9.55 Å². The highest BCUT2D eigenvalue weighted by molar-refractivity contribution is 7.71. The number of benzene rings is 1. The topological polar surface area (TPSA) is 20.7 Å². The van der Waals surface area contributed by atoms with Crippen LogP contribution in [0.3, 0.4) is 0 Å². The number of fused-ring (bicyclic) bond motifs is 1. The summed E-state index contributed by atoms with van der Waals surface area (Å²) in [5.74, 6) is 0.346. The van der Waals surface area contributed by atoms with E-state index in [0.29, 0.717) is 21.5 Å². The third kappa shape index (κ3) is 1.69. The van der Waals surface area contributed by atoms with Crippen molar-refractivity contribution in [2.75, 3.05) is 0 Å². The van der Waals surface area contributed by atoms with Gasteiger partial charge in [-0.15, -0.1) is 0 Å². The molecule has 1 heterocycles. The molecule has 1 saturated carbocycles. The second kappa shape index (κ2) is 3.69. The molecule has 0 aliphatic heterocycles. The van der Waals surface area contributed by atoms with Crippen LogP contribution in [0, 0.1) is 27.3 Å². The fourth-order valence-corrected chi connectivity index (χ4v) is 3.56. The fourth-order valence-electron chi connectivity index (χ4n) is 3.28. The summed E-state index contributed by atoms with van der Waals surface area (Å²) in [6, 6.07) is 4.77. The monoisotopic (exact) mass is 278 g/mol. The van der Waals surface area contributed by atoms with Crippen LogP contribution in [0.4, 0.5) is 4.39 Å². The second-order valence-electron chi connectivity index (χ2n) is 6.70. The van der Waals surface area contributed by atoms with E-state index in [1.807, 2.05) is 4.57 Å². The quantitative estimate of drug-likeness (QED) is 0.801. The molecule has 19 heavy (non-hydrogen) atoms. The lowest BCUT2D eigenvalue weighted by Crippen LogP contribution is -2.04. The van der Waals surface area contributed by atoms with Crippen LogP contribution in [0.25, 0.3) is 11.0 Å². The van der Waals surface area contributed by atoms with Crippen LogP contribution in [0.5, 0.6) is 0 Å². The molecule has 0 unspecified atom stereocenters. The van der Waals surface area contributed by atoms with E-state index in [1.54, 1.807) is 12.1 Å². The van der Waals surface area contributed by atoms with Crippen LogP contribution in [-0.2, 0) is 6.54 Å². The maximum Gasteiger partial charge on any atom is 0.178 e. The molecule has 1 aromatic carbocycles. The van der Waals surface area contributed by atoms with Crippen molar-refractivity contribution < 1.29 is 4.39 Å². The van der Waals surface area contributed by atoms with Crippen LogP contribution in [-0.4, -0.2) is 9.55 Å². The zero-order valence-electron chi connectivity index (χ0n) is 11.7. The van der Waals surface area contributed by atoms with Crippen LogP contribution >= 0.6 is 12.2 Å². The van der Waals surface area contributed by atoms with Gasteiger partial charge in [0, 0.05) is 6.54 Å². The summed E-state index contributed by atoms with van der Waals surface area (Å²) in [4.78, 5) is 3.15. The van der Waals surface area contributed by atoms with E-state index in [2.05, 4.69) is 32.7 Å². The zero-order valence-corrected chi connectivity index (χ0v) is 12.6. The predicted molar refractivity (Wildman–Crippen MR) is 78.1 cm³/mol. The van der Waals surface area contributed by atoms with E-state index in [1.165, 1.54) is 6.07 Å². The van der Waals surface area contributed by atoms with Crippen LogP contribution in [0.15, 0.2) is 18.2 Å². The van der Waals surface area contributed by atoms with Crippen molar-refractivity contribution in [1.82, 2.24) is 9.55 Å². The van der Waals surface area contributed by atoms with Crippen molar-refractivity contribution in [2.45, 2.75) is 34.2 Å². The van der Waals surface area contributed by atoms with Crippen LogP contribution < -0.4 is 0 Å². The highest BCUT2D eigenvalue weighted by Gasteiger charge is 2.64. The highest BCUT2D eigenvalue weighted by atomic mass is 32.1. The van der Waals surface area contributed by atoms with Gasteiger partial charge in [-0.3, -0.25) is 0 Å². The molecule has 102 valence electrons. The molecule has 1 fully saturated rings. The normalized spacial score (nSPS) is 20.9. The largest absolute Gasteiger partial charge is 0.331 e. The van der Waals surface area contributed by atoms with Crippen molar-refractivity contribution >= 4 is 23.3 Å². The van der Waals surface area contributed by atoms with Gasteiger partial charge in [0.2, 0.25) is 0 Å². The SMILES string of the molecule is CC1(C)C(Cn2c(=S)[nH]c3ccc(F)cc32)C1(C)C. The molecule has 1 N–H and O–H groups in total. The van der Waals surface area contributed by atoms with Gasteiger partial charge in [-0.05, 0) is 47.2 Å². The van der Waals surface area contributed by atoms with Crippen molar-refractivity contribution in [3.05, 3.63) is 28.8 Å². The number of nitrogens with zero attached hydrogens (tertiary/aromatic N) is 1. The van der Waals surface area contributed by atoms with Crippen molar-refractivity contribution in [2.24, 2.45) is 16.7 Å². The Balaban J connectivity index is 2.05. The molecule has 1 aromatic heterocycles. The van der Waals surface area contributed by atoms with Gasteiger partial charge in [-0.1, -0.05) is 27.7 Å². The van der Waals surface area contributed by atoms with Crippen LogP contribution in [0.1, 0.15) is 27.7 Å². The Kier molecular flexibility index (Phi) is 2.50. The molecular formula is C15H19FN2S. The molecule has 0 spiro atoms. The maximum absolute atomic E-state index is 13.4. The van der Waals surface area contributed by atoms with E-state index in [9.17, 15) is 4.39 Å². The molecule has 0 saturated heterocycles. The summed E-state index contributed by atoms with van der Waals surface area (Å²) in [6.45, 7) is 10.0. The number of nitrogens with one attached hydrogen (secondary N) is 1. The number of hydrogen-bond donors (Lipinski definition) is 1. The Bertz CT molecular complexity index is 694. The first-order valence-electron chi connectivity index (χ1n) is 6.63. The summed E-state index contributed by atoms with van der Waals surface area (Å²) in [7, 11) is 0. The summed E-state index contributed by atoms with van der Waals surface area (Å²) in [5.41, 5.74) is 2.38. The molecule has 2 aromatic rings. The first-order chi connectivity index (χ1) is 8.75. The summed E-state index contributed by atoms with van der Waals surface area (Å²) < 4.78 is 16.1. The number of imidazole rings is 1. The maximum atomic E-state index is 13.4. The molecule has 0 radical (unpaired) electrons. The molecule has 1 aliphatic carbocycles. The van der Waals surface area contributed by atoms with E-state index in [4.69, 9.17) is 12.2 Å². The van der Waals surface area contributed by atoms with E-state index in [-0.39, 0.29) is 5.82 Å². The van der Waals surface area contributed by atoms with Crippen molar-refractivity contribution in [3.8, 4) is 0 Å². The number of aromatic nitrogens is 2. The predicted octanol–water partition coefficient (Wildman–Crippen LogP) is 4.52. The summed E-state index contributed by atoms with van der Waals surface area (Å²) in [6.07, 6.45) is 0. The van der Waals surface area contributed by atoms with E-state index in [0.717, 1.165) is 17.6 Å². The Morgan fingerprint density at radius 2 is 1.89 bits per heavy atom. The average Bonchev–Trinajstić information content (AvgIpc) is 2.58. The third-order valence-corrected chi connectivity index (χ3v) is 5.74. The van der Waals surface area contributed by atoms with Gasteiger partial charge in [-0.2, -0.15) is 0 Å². The Labute approximate surface area is 117 Å². The van der Waals surface area contributed by atoms with E-state index < -0.39 is 0 Å². The lowest BCUT2D eigenvalue weighted by atomic mass is 10.0. The molecule has 0 amide bonds. The van der Waals surface area contributed by atoms with Gasteiger partial charge in [0.1, 0.15) is 5.82 Å². The molecule has 0 bridgehead atoms. The van der Waals surface area contributed by atoms with Gasteiger partial charge in [0.25, 0.3) is 0 Å². The Morgan fingerprint density at radius 3 is 2.47 bits per heavy atom. The van der Waals surface area contributed by atoms with Crippen molar-refractivity contribution in [1.29, 1.82) is 0 Å². The number of rotatable bonds is 2. The first-order valence-corrected chi connectivity index (χ1v) is 7.04. The molecular weight excluding hydrogens is 259 g/mol. The van der Waals surface area contributed by atoms with Crippen molar-refractivity contribution in [3.63, 3.8) is 0 Å². The first kappa shape index (κ1) is 12.9. The molecule has 2 nitrogen and oxygen atoms in total. The van der Waals surface area contributed by atoms with Gasteiger partial charge in [0.15, 0.2) is 4.77 Å². The lowest BCUT2D eigenvalue weighted by Gasteiger charge is -2.06. The Hall–Kier alpha value is -1.16. The minimum atomic E-state index is -0.218. The molecule has 0 atom stereocenters. The second-order valence-corrected chi connectivity index (χ2v) is 7.08. The Morgan fingerprint density at radius 1 is 1.26 bits per heavy atom. The number of aromatic amines is 1. The van der Waals surface area contributed by atoms with E-state index >= 15 is 0 Å². The third-order valence-electron chi connectivity index (χ3n) is 5.42. The smallest absolute Gasteiger partial charge is 0.178 e. The zero-order chi connectivity index (χ0) is 14.0.